The van der Waals surface area contributed by atoms with Crippen molar-refractivity contribution in [3.8, 4) is 0 Å². The van der Waals surface area contributed by atoms with Gasteiger partial charge in [-0.25, -0.2) is 0 Å². The number of piperazine rings is 2. The fourth-order valence-corrected chi connectivity index (χ4v) is 6.08. The van der Waals surface area contributed by atoms with Crippen molar-refractivity contribution >= 4 is 68.3 Å². The average molecular weight is 655 g/mol. The zero-order valence-electron chi connectivity index (χ0n) is 24.1. The van der Waals surface area contributed by atoms with Crippen LogP contribution in [0.4, 0.5) is 0 Å². The fraction of sp³-hybridized carbons (Fsp3) is 1.00. The Morgan fingerprint density at radius 3 is 0.524 bits per heavy atom. The van der Waals surface area contributed by atoms with E-state index in [4.69, 9.17) is 54.9 Å². The molecule has 10 N–H and O–H groups in total. The molecule has 42 heavy (non-hydrogen) atoms. The van der Waals surface area contributed by atoms with E-state index < -0.39 is 9.17 Å². The van der Waals surface area contributed by atoms with Crippen molar-refractivity contribution in [3.63, 3.8) is 0 Å². The van der Waals surface area contributed by atoms with Crippen LogP contribution in [0.1, 0.15) is 0 Å². The molecule has 18 heteroatoms. The molecule has 0 aromatic heterocycles. The summed E-state index contributed by atoms with van der Waals surface area (Å²) in [5.41, 5.74) is 0. The third-order valence-electron chi connectivity index (χ3n) is 8.79. The second kappa shape index (κ2) is 26.2. The molecule has 0 atom stereocenters. The molecule has 0 bridgehead atoms. The average Bonchev–Trinajstić information content (AvgIpc) is 2.89. The number of aliphatic hydroxyl groups is 8. The standard InChI is InChI=1S/2C12H28N2O4.2Na.H2O3Si.2H/c2*15-9-5-13(6-10-16)1-2-14(4-3-13,7-11-17)8-12-18;;;1-4(2)3;;/h2*15-18H,1-12H2;;;1-2H;;/q2*+2;;;;;. The van der Waals surface area contributed by atoms with E-state index in [1.165, 1.54) is 0 Å². The van der Waals surface area contributed by atoms with Crippen LogP contribution in [-0.4, -0.2) is 294 Å². The molecule has 2 heterocycles. The van der Waals surface area contributed by atoms with E-state index in [0.717, 1.165) is 70.3 Å². The Labute approximate surface area is 296 Å². The topological polar surface area (TPSA) is 219 Å². The quantitative estimate of drug-likeness (QED) is 0.0557. The molecule has 0 spiro atoms. The molecular formula is C24H60N4Na2O11Si+4. The van der Waals surface area contributed by atoms with Crippen LogP contribution in [0, 0.1) is 0 Å². The van der Waals surface area contributed by atoms with Crippen molar-refractivity contribution in [1.29, 1.82) is 0 Å². The van der Waals surface area contributed by atoms with Crippen LogP contribution in [0.15, 0.2) is 0 Å². The molecule has 2 fully saturated rings. The van der Waals surface area contributed by atoms with Crippen LogP contribution >= 0.6 is 0 Å². The van der Waals surface area contributed by atoms with E-state index in [1.54, 1.807) is 0 Å². The first-order valence-corrected chi connectivity index (χ1v) is 15.5. The molecule has 2 rings (SSSR count). The molecule has 0 aromatic carbocycles. The van der Waals surface area contributed by atoms with Crippen molar-refractivity contribution in [3.05, 3.63) is 0 Å². The summed E-state index contributed by atoms with van der Waals surface area (Å²) >= 11 is 0. The van der Waals surface area contributed by atoms with Crippen LogP contribution in [0.2, 0.25) is 0 Å². The van der Waals surface area contributed by atoms with Crippen molar-refractivity contribution in [1.82, 2.24) is 0 Å². The Hall–Kier alpha value is 1.14. The van der Waals surface area contributed by atoms with Crippen LogP contribution in [0.25, 0.3) is 0 Å². The van der Waals surface area contributed by atoms with E-state index >= 15 is 0 Å². The zero-order valence-corrected chi connectivity index (χ0v) is 25.1. The van der Waals surface area contributed by atoms with Gasteiger partial charge in [-0.1, -0.05) is 0 Å². The summed E-state index contributed by atoms with van der Waals surface area (Å²) < 4.78 is 11.8. The maximum atomic E-state index is 9.16. The summed E-state index contributed by atoms with van der Waals surface area (Å²) in [6, 6.07) is 0. The molecule has 2 aliphatic heterocycles. The van der Waals surface area contributed by atoms with Crippen molar-refractivity contribution in [2.24, 2.45) is 0 Å². The second-order valence-electron chi connectivity index (χ2n) is 11.0. The summed E-state index contributed by atoms with van der Waals surface area (Å²) in [5.74, 6) is 0. The van der Waals surface area contributed by atoms with Gasteiger partial charge in [0.2, 0.25) is 0 Å². The number of rotatable bonds is 16. The summed E-state index contributed by atoms with van der Waals surface area (Å²) in [5, 5.41) is 73.3. The van der Waals surface area contributed by atoms with E-state index in [0.29, 0.717) is 52.4 Å². The van der Waals surface area contributed by atoms with Gasteiger partial charge in [-0.2, -0.15) is 0 Å². The minimum absolute atomic E-state index is 0. The van der Waals surface area contributed by atoms with Gasteiger partial charge in [0.25, 0.3) is 0 Å². The normalized spacial score (nSPS) is 19.4. The first kappa shape index (κ1) is 47.5. The summed E-state index contributed by atoms with van der Waals surface area (Å²) in [6.07, 6.45) is 0. The molecule has 15 nitrogen and oxygen atoms in total. The van der Waals surface area contributed by atoms with Crippen LogP contribution in [0.3, 0.4) is 0 Å². The molecule has 0 amide bonds. The number of hydrogen-bond acceptors (Lipinski definition) is 9. The number of hydrogen-bond donors (Lipinski definition) is 10. The van der Waals surface area contributed by atoms with Crippen molar-refractivity contribution < 1.29 is 72.8 Å². The third-order valence-corrected chi connectivity index (χ3v) is 8.79. The van der Waals surface area contributed by atoms with E-state index in [-0.39, 0.29) is 112 Å². The molecule has 0 radical (unpaired) electrons. The Kier molecular flexibility index (Phi) is 29.7. The SMILES string of the molecule is O=[Si](O)O.OCC[N+]1(CCO)CC[N+](CCO)(CCO)CC1.OCC[N+]1(CCO)CC[N+](CCO)(CCO)CC1.[NaH].[NaH]. The maximum absolute atomic E-state index is 9.16. The van der Waals surface area contributed by atoms with E-state index in [1.807, 2.05) is 0 Å². The monoisotopic (exact) mass is 654 g/mol. The number of quaternary nitrogens is 4. The minimum atomic E-state index is -3.13. The Morgan fingerprint density at radius 2 is 0.452 bits per heavy atom. The summed E-state index contributed by atoms with van der Waals surface area (Å²) in [7, 11) is -3.13. The second-order valence-corrected chi connectivity index (χ2v) is 11.6. The Morgan fingerprint density at radius 1 is 0.357 bits per heavy atom. The van der Waals surface area contributed by atoms with Gasteiger partial charge >= 0.3 is 68.3 Å². The Bertz CT molecular complexity index is 530. The first-order valence-electron chi connectivity index (χ1n) is 14.2. The molecule has 0 saturated carbocycles. The van der Waals surface area contributed by atoms with Crippen LogP contribution < -0.4 is 0 Å². The van der Waals surface area contributed by atoms with Gasteiger partial charge in [0.05, 0.1) is 52.9 Å². The molecule has 2 aliphatic rings. The van der Waals surface area contributed by atoms with Gasteiger partial charge in [0, 0.05) is 0 Å². The molecule has 2 saturated heterocycles. The van der Waals surface area contributed by atoms with Gasteiger partial charge in [0.1, 0.15) is 105 Å². The Balaban J connectivity index is -0.000000616. The van der Waals surface area contributed by atoms with Gasteiger partial charge in [-0.15, -0.1) is 0 Å². The van der Waals surface area contributed by atoms with Gasteiger partial charge in [0.15, 0.2) is 0 Å². The van der Waals surface area contributed by atoms with Crippen LogP contribution in [0.5, 0.6) is 0 Å². The molecule has 0 aromatic rings. The summed E-state index contributed by atoms with van der Waals surface area (Å²) in [6.45, 7) is 13.7. The number of aliphatic hydroxyl groups excluding tert-OH is 8. The van der Waals surface area contributed by atoms with Gasteiger partial charge < -0.3 is 68.4 Å². The van der Waals surface area contributed by atoms with E-state index in [9.17, 15) is 0 Å². The number of nitrogens with zero attached hydrogens (tertiary/aromatic N) is 4. The zero-order chi connectivity index (χ0) is 30.5. The predicted molar refractivity (Wildman–Crippen MR) is 161 cm³/mol. The molecule has 0 aliphatic carbocycles. The third kappa shape index (κ3) is 17.7. The predicted octanol–water partition coefficient (Wildman–Crippen LogP) is -7.71. The summed E-state index contributed by atoms with van der Waals surface area (Å²) in [4.78, 5) is 14.3. The van der Waals surface area contributed by atoms with Gasteiger partial charge in [-0.05, 0) is 0 Å². The van der Waals surface area contributed by atoms with Crippen LogP contribution in [-0.2, 0) is 4.46 Å². The van der Waals surface area contributed by atoms with Crippen molar-refractivity contribution in [2.75, 3.05) is 158 Å². The fourth-order valence-electron chi connectivity index (χ4n) is 6.08. The van der Waals surface area contributed by atoms with Gasteiger partial charge in [-0.3, -0.25) is 4.46 Å². The first-order chi connectivity index (χ1) is 19.0. The molecule has 244 valence electrons. The van der Waals surface area contributed by atoms with Crippen molar-refractivity contribution in [2.45, 2.75) is 0 Å². The molecule has 0 unspecified atom stereocenters. The van der Waals surface area contributed by atoms with E-state index in [2.05, 4.69) is 0 Å². The molecular weight excluding hydrogens is 594 g/mol.